The molecule has 0 unspecified atom stereocenters. The van der Waals surface area contributed by atoms with Crippen LogP contribution < -0.4 is 5.32 Å². The van der Waals surface area contributed by atoms with Crippen molar-refractivity contribution in [3.05, 3.63) is 5.01 Å². The van der Waals surface area contributed by atoms with Gasteiger partial charge >= 0.3 is 0 Å². The molecule has 7 nitrogen and oxygen atoms in total. The number of anilines is 1. The summed E-state index contributed by atoms with van der Waals surface area (Å²) in [5.41, 5.74) is 0. The van der Waals surface area contributed by atoms with Crippen molar-refractivity contribution in [2.75, 3.05) is 25.0 Å². The third kappa shape index (κ3) is 4.36. The van der Waals surface area contributed by atoms with Gasteiger partial charge in [-0.05, 0) is 26.2 Å². The molecule has 1 N–H and O–H groups in total. The zero-order chi connectivity index (χ0) is 17.8. The SMILES string of the molecule is CCc1nnc(NC(=O)[C@H](C)N2CCN(C3CCCCC3)C(=O)C2)s1. The maximum absolute atomic E-state index is 12.6. The van der Waals surface area contributed by atoms with Crippen LogP contribution >= 0.6 is 11.3 Å². The maximum Gasteiger partial charge on any atom is 0.243 e. The number of nitrogens with one attached hydrogen (secondary N) is 1. The molecule has 2 fully saturated rings. The highest BCUT2D eigenvalue weighted by Crippen LogP contribution is 2.24. The largest absolute Gasteiger partial charge is 0.337 e. The Kier molecular flexibility index (Phi) is 6.01. The molecule has 1 saturated carbocycles. The zero-order valence-corrected chi connectivity index (χ0v) is 15.8. The van der Waals surface area contributed by atoms with E-state index in [9.17, 15) is 9.59 Å². The van der Waals surface area contributed by atoms with Gasteiger partial charge in [-0.3, -0.25) is 19.8 Å². The molecule has 0 bridgehead atoms. The molecule has 25 heavy (non-hydrogen) atoms. The van der Waals surface area contributed by atoms with E-state index >= 15 is 0 Å². The van der Waals surface area contributed by atoms with E-state index in [0.717, 1.165) is 37.4 Å². The number of rotatable bonds is 5. The van der Waals surface area contributed by atoms with Crippen LogP contribution in [0.3, 0.4) is 0 Å². The van der Waals surface area contributed by atoms with E-state index in [1.54, 1.807) is 0 Å². The zero-order valence-electron chi connectivity index (χ0n) is 15.0. The van der Waals surface area contributed by atoms with Crippen molar-refractivity contribution < 1.29 is 9.59 Å². The Hall–Kier alpha value is -1.54. The highest BCUT2D eigenvalue weighted by molar-refractivity contribution is 7.15. The van der Waals surface area contributed by atoms with Crippen LogP contribution in [0.2, 0.25) is 0 Å². The highest BCUT2D eigenvalue weighted by Gasteiger charge is 2.34. The monoisotopic (exact) mass is 365 g/mol. The minimum Gasteiger partial charge on any atom is -0.337 e. The molecule has 1 aromatic heterocycles. The molecule has 1 aliphatic carbocycles. The first kappa shape index (κ1) is 18.3. The minimum absolute atomic E-state index is 0.127. The fourth-order valence-corrected chi connectivity index (χ4v) is 4.32. The van der Waals surface area contributed by atoms with Crippen LogP contribution in [-0.2, 0) is 16.0 Å². The summed E-state index contributed by atoms with van der Waals surface area (Å²) < 4.78 is 0. The van der Waals surface area contributed by atoms with Crippen molar-refractivity contribution in [1.29, 1.82) is 0 Å². The molecular weight excluding hydrogens is 338 g/mol. The number of carbonyl (C=O) groups excluding carboxylic acids is 2. The first-order valence-corrected chi connectivity index (χ1v) is 10.1. The molecule has 2 aliphatic rings. The van der Waals surface area contributed by atoms with Gasteiger partial charge in [0.25, 0.3) is 0 Å². The average molecular weight is 366 g/mol. The number of aromatic nitrogens is 2. The van der Waals surface area contributed by atoms with Crippen molar-refractivity contribution in [2.24, 2.45) is 0 Å². The maximum atomic E-state index is 12.6. The van der Waals surface area contributed by atoms with Crippen molar-refractivity contribution >= 4 is 28.3 Å². The van der Waals surface area contributed by atoms with E-state index < -0.39 is 0 Å². The number of nitrogens with zero attached hydrogens (tertiary/aromatic N) is 4. The summed E-state index contributed by atoms with van der Waals surface area (Å²) in [4.78, 5) is 29.0. The lowest BCUT2D eigenvalue weighted by Gasteiger charge is -2.41. The Morgan fingerprint density at radius 3 is 2.68 bits per heavy atom. The predicted octanol–water partition coefficient (Wildman–Crippen LogP) is 1.90. The van der Waals surface area contributed by atoms with Gasteiger partial charge in [-0.2, -0.15) is 0 Å². The molecule has 1 aliphatic heterocycles. The standard InChI is InChI=1S/C17H27N5O2S/c1-3-14-19-20-17(25-14)18-16(24)12(2)21-9-10-22(15(23)11-21)13-7-5-4-6-8-13/h12-13H,3-11H2,1-2H3,(H,18,20,24)/t12-/m0/s1. The van der Waals surface area contributed by atoms with Gasteiger partial charge in [0.05, 0.1) is 12.6 Å². The van der Waals surface area contributed by atoms with Crippen LogP contribution in [0.1, 0.15) is 51.0 Å². The number of aryl methyl sites for hydroxylation is 1. The lowest BCUT2D eigenvalue weighted by molar-refractivity contribution is -0.141. The number of amides is 2. The smallest absolute Gasteiger partial charge is 0.243 e. The lowest BCUT2D eigenvalue weighted by atomic mass is 9.93. The summed E-state index contributed by atoms with van der Waals surface area (Å²) in [5.74, 6) is 0.0275. The van der Waals surface area contributed by atoms with Crippen molar-refractivity contribution in [2.45, 2.75) is 64.5 Å². The Morgan fingerprint density at radius 1 is 1.28 bits per heavy atom. The van der Waals surface area contributed by atoms with Crippen molar-refractivity contribution in [3.8, 4) is 0 Å². The Bertz CT molecular complexity index is 614. The van der Waals surface area contributed by atoms with Gasteiger partial charge < -0.3 is 4.90 Å². The minimum atomic E-state index is -0.355. The van der Waals surface area contributed by atoms with Crippen molar-refractivity contribution in [3.63, 3.8) is 0 Å². The van der Waals surface area contributed by atoms with Crippen LogP contribution in [0, 0.1) is 0 Å². The molecule has 138 valence electrons. The number of carbonyl (C=O) groups is 2. The van der Waals surface area contributed by atoms with E-state index in [-0.39, 0.29) is 17.9 Å². The molecule has 2 amide bonds. The average Bonchev–Trinajstić information content (AvgIpc) is 3.09. The molecule has 0 radical (unpaired) electrons. The summed E-state index contributed by atoms with van der Waals surface area (Å²) in [5, 5.41) is 12.3. The van der Waals surface area contributed by atoms with E-state index in [4.69, 9.17) is 0 Å². The first-order chi connectivity index (χ1) is 12.1. The molecule has 1 atom stereocenters. The summed E-state index contributed by atoms with van der Waals surface area (Å²) in [6.45, 7) is 5.64. The van der Waals surface area contributed by atoms with Crippen molar-refractivity contribution in [1.82, 2.24) is 20.0 Å². The van der Waals surface area contributed by atoms with Gasteiger partial charge in [-0.15, -0.1) is 10.2 Å². The second-order valence-corrected chi connectivity index (χ2v) is 7.93. The normalized spacial score (nSPS) is 21.4. The number of piperazine rings is 1. The van der Waals surface area contributed by atoms with Gasteiger partial charge in [0.15, 0.2) is 0 Å². The Balaban J connectivity index is 1.53. The van der Waals surface area contributed by atoms with Crippen LogP contribution in [-0.4, -0.2) is 63.5 Å². The van der Waals surface area contributed by atoms with Crippen LogP contribution in [0.4, 0.5) is 5.13 Å². The molecule has 3 rings (SSSR count). The van der Waals surface area contributed by atoms with E-state index in [0.29, 0.717) is 17.7 Å². The van der Waals surface area contributed by atoms with Gasteiger partial charge in [0, 0.05) is 19.1 Å². The lowest BCUT2D eigenvalue weighted by Crippen LogP contribution is -2.58. The van der Waals surface area contributed by atoms with Gasteiger partial charge in [-0.1, -0.05) is 37.5 Å². The first-order valence-electron chi connectivity index (χ1n) is 9.25. The van der Waals surface area contributed by atoms with Gasteiger partial charge in [0.1, 0.15) is 5.01 Å². The summed E-state index contributed by atoms with van der Waals surface area (Å²) in [6, 6.07) is 0.0489. The summed E-state index contributed by atoms with van der Waals surface area (Å²) in [6.07, 6.45) is 6.78. The second-order valence-electron chi connectivity index (χ2n) is 6.87. The molecule has 0 spiro atoms. The molecule has 1 saturated heterocycles. The third-order valence-corrected chi connectivity index (χ3v) is 6.21. The molecule has 8 heteroatoms. The number of hydrogen-bond acceptors (Lipinski definition) is 6. The molecule has 1 aromatic rings. The van der Waals surface area contributed by atoms with E-state index in [1.165, 1.54) is 30.6 Å². The van der Waals surface area contributed by atoms with E-state index in [2.05, 4.69) is 15.5 Å². The Morgan fingerprint density at radius 2 is 2.04 bits per heavy atom. The van der Waals surface area contributed by atoms with Crippen LogP contribution in [0.5, 0.6) is 0 Å². The van der Waals surface area contributed by atoms with Gasteiger partial charge in [-0.25, -0.2) is 0 Å². The predicted molar refractivity (Wildman–Crippen MR) is 97.5 cm³/mol. The van der Waals surface area contributed by atoms with Gasteiger partial charge in [0.2, 0.25) is 16.9 Å². The topological polar surface area (TPSA) is 78.4 Å². The van der Waals surface area contributed by atoms with E-state index in [1.807, 2.05) is 23.6 Å². The second kappa shape index (κ2) is 8.23. The third-order valence-electron chi connectivity index (χ3n) is 5.23. The quantitative estimate of drug-likeness (QED) is 0.862. The number of hydrogen-bond donors (Lipinski definition) is 1. The molecular formula is C17H27N5O2S. The van der Waals surface area contributed by atoms with Crippen LogP contribution in [0.25, 0.3) is 0 Å². The summed E-state index contributed by atoms with van der Waals surface area (Å²) >= 11 is 1.40. The van der Waals surface area contributed by atoms with Crippen LogP contribution in [0.15, 0.2) is 0 Å². The Labute approximate surface area is 152 Å². The summed E-state index contributed by atoms with van der Waals surface area (Å²) in [7, 11) is 0. The molecule has 0 aromatic carbocycles. The highest BCUT2D eigenvalue weighted by atomic mass is 32.1. The fourth-order valence-electron chi connectivity index (χ4n) is 3.64. The molecule has 2 heterocycles. The fraction of sp³-hybridized carbons (Fsp3) is 0.765.